The van der Waals surface area contributed by atoms with Crippen LogP contribution < -0.4 is 11.1 Å². The van der Waals surface area contributed by atoms with Crippen LogP contribution in [0.5, 0.6) is 0 Å². The van der Waals surface area contributed by atoms with E-state index in [0.29, 0.717) is 13.0 Å². The van der Waals surface area contributed by atoms with Crippen LogP contribution in [0.3, 0.4) is 0 Å². The number of nitrogens with two attached hydrogens (primary N) is 1. The molecule has 0 saturated heterocycles. The zero-order valence-electron chi connectivity index (χ0n) is 12.3. The molecule has 1 aliphatic carbocycles. The molecule has 0 bridgehead atoms. The second-order valence-electron chi connectivity index (χ2n) is 6.02. The van der Waals surface area contributed by atoms with Gasteiger partial charge in [-0.25, -0.2) is 0 Å². The molecule has 4 nitrogen and oxygen atoms in total. The third-order valence-corrected chi connectivity index (χ3v) is 4.44. The highest BCUT2D eigenvalue weighted by atomic mass is 16.1. The van der Waals surface area contributed by atoms with Crippen molar-refractivity contribution in [3.63, 3.8) is 0 Å². The maximum atomic E-state index is 12.3. The monoisotopic (exact) mass is 275 g/mol. The van der Waals surface area contributed by atoms with Crippen molar-refractivity contribution in [3.05, 3.63) is 30.1 Å². The van der Waals surface area contributed by atoms with Crippen LogP contribution in [-0.2, 0) is 4.79 Å². The SMILES string of the molecule is CC(NC(=O)CC1(CN)CCCCC1)c1cccnc1. The summed E-state index contributed by atoms with van der Waals surface area (Å²) in [5.41, 5.74) is 7.00. The molecule has 4 heteroatoms. The van der Waals surface area contributed by atoms with E-state index in [2.05, 4.69) is 10.3 Å². The normalized spacial score (nSPS) is 19.3. The van der Waals surface area contributed by atoms with Gasteiger partial charge in [0.25, 0.3) is 0 Å². The Labute approximate surface area is 121 Å². The molecule has 1 unspecified atom stereocenters. The van der Waals surface area contributed by atoms with E-state index in [4.69, 9.17) is 5.73 Å². The summed E-state index contributed by atoms with van der Waals surface area (Å²) in [6.07, 6.45) is 9.92. The molecule has 1 aromatic rings. The predicted octanol–water partition coefficient (Wildman–Crippen LogP) is 2.56. The van der Waals surface area contributed by atoms with Crippen LogP contribution in [0.25, 0.3) is 0 Å². The lowest BCUT2D eigenvalue weighted by Gasteiger charge is -2.36. The third-order valence-electron chi connectivity index (χ3n) is 4.44. The Kier molecular flexibility index (Phi) is 5.12. The number of amides is 1. The topological polar surface area (TPSA) is 68.0 Å². The van der Waals surface area contributed by atoms with Gasteiger partial charge in [-0.1, -0.05) is 25.3 Å². The van der Waals surface area contributed by atoms with Crippen LogP contribution in [-0.4, -0.2) is 17.4 Å². The van der Waals surface area contributed by atoms with E-state index >= 15 is 0 Å². The highest BCUT2D eigenvalue weighted by Gasteiger charge is 2.33. The lowest BCUT2D eigenvalue weighted by atomic mass is 9.71. The second kappa shape index (κ2) is 6.84. The fourth-order valence-electron chi connectivity index (χ4n) is 3.10. The standard InChI is InChI=1S/C16H25N3O/c1-13(14-6-5-9-18-11-14)19-15(20)10-16(12-17)7-3-2-4-8-16/h5-6,9,11,13H,2-4,7-8,10,12,17H2,1H3,(H,19,20). The van der Waals surface area contributed by atoms with Gasteiger partial charge in [0, 0.05) is 18.8 Å². The minimum absolute atomic E-state index is 0.00499. The molecule has 20 heavy (non-hydrogen) atoms. The molecule has 1 amide bonds. The summed E-state index contributed by atoms with van der Waals surface area (Å²) < 4.78 is 0. The second-order valence-corrected chi connectivity index (χ2v) is 6.02. The van der Waals surface area contributed by atoms with Crippen molar-refractivity contribution in [1.29, 1.82) is 0 Å². The van der Waals surface area contributed by atoms with Crippen molar-refractivity contribution in [2.24, 2.45) is 11.1 Å². The first-order valence-corrected chi connectivity index (χ1v) is 7.55. The van der Waals surface area contributed by atoms with Gasteiger partial charge in [-0.2, -0.15) is 0 Å². The summed E-state index contributed by atoms with van der Waals surface area (Å²) in [4.78, 5) is 16.4. The van der Waals surface area contributed by atoms with Gasteiger partial charge in [0.1, 0.15) is 0 Å². The number of aromatic nitrogens is 1. The molecule has 0 aromatic carbocycles. The average Bonchev–Trinajstić information content (AvgIpc) is 2.49. The Morgan fingerprint density at radius 2 is 2.20 bits per heavy atom. The van der Waals surface area contributed by atoms with Crippen molar-refractivity contribution in [3.8, 4) is 0 Å². The molecule has 0 spiro atoms. The summed E-state index contributed by atoms with van der Waals surface area (Å²) in [5, 5.41) is 3.07. The number of nitrogens with zero attached hydrogens (tertiary/aromatic N) is 1. The van der Waals surface area contributed by atoms with Crippen LogP contribution >= 0.6 is 0 Å². The number of carbonyl (C=O) groups excluding carboxylic acids is 1. The molecule has 1 atom stereocenters. The Morgan fingerprint density at radius 1 is 1.45 bits per heavy atom. The molecule has 1 saturated carbocycles. The van der Waals surface area contributed by atoms with Crippen LogP contribution in [0.4, 0.5) is 0 Å². The molecule has 3 N–H and O–H groups in total. The summed E-state index contributed by atoms with van der Waals surface area (Å²) >= 11 is 0. The van der Waals surface area contributed by atoms with Gasteiger partial charge >= 0.3 is 0 Å². The zero-order valence-corrected chi connectivity index (χ0v) is 12.3. The summed E-state index contributed by atoms with van der Waals surface area (Å²) in [7, 11) is 0. The molecule has 110 valence electrons. The van der Waals surface area contributed by atoms with E-state index < -0.39 is 0 Å². The van der Waals surface area contributed by atoms with E-state index in [1.165, 1.54) is 19.3 Å². The molecule has 1 aromatic heterocycles. The van der Waals surface area contributed by atoms with E-state index in [1.54, 1.807) is 12.4 Å². The number of pyridine rings is 1. The van der Waals surface area contributed by atoms with Gasteiger partial charge in [0.2, 0.25) is 5.91 Å². The number of hydrogen-bond donors (Lipinski definition) is 2. The fourth-order valence-corrected chi connectivity index (χ4v) is 3.10. The lowest BCUT2D eigenvalue weighted by Crippen LogP contribution is -2.39. The third kappa shape index (κ3) is 3.79. The largest absolute Gasteiger partial charge is 0.350 e. The number of hydrogen-bond acceptors (Lipinski definition) is 3. The van der Waals surface area contributed by atoms with Crippen molar-refractivity contribution < 1.29 is 4.79 Å². The van der Waals surface area contributed by atoms with Crippen molar-refractivity contribution in [1.82, 2.24) is 10.3 Å². The van der Waals surface area contributed by atoms with Gasteiger partial charge in [-0.3, -0.25) is 9.78 Å². The minimum atomic E-state index is -0.00499. The van der Waals surface area contributed by atoms with Crippen molar-refractivity contribution in [2.75, 3.05) is 6.54 Å². The fraction of sp³-hybridized carbons (Fsp3) is 0.625. The molecular formula is C16H25N3O. The highest BCUT2D eigenvalue weighted by molar-refractivity contribution is 5.77. The van der Waals surface area contributed by atoms with Gasteiger partial charge < -0.3 is 11.1 Å². The number of rotatable bonds is 5. The first-order valence-electron chi connectivity index (χ1n) is 7.55. The first kappa shape index (κ1) is 15.0. The smallest absolute Gasteiger partial charge is 0.221 e. The van der Waals surface area contributed by atoms with Gasteiger partial charge in [-0.15, -0.1) is 0 Å². The molecule has 2 rings (SSSR count). The quantitative estimate of drug-likeness (QED) is 0.867. The van der Waals surface area contributed by atoms with E-state index in [9.17, 15) is 4.79 Å². The number of nitrogens with one attached hydrogen (secondary N) is 1. The van der Waals surface area contributed by atoms with Crippen molar-refractivity contribution in [2.45, 2.75) is 51.5 Å². The Bertz CT molecular complexity index is 427. The van der Waals surface area contributed by atoms with E-state index in [-0.39, 0.29) is 17.4 Å². The maximum Gasteiger partial charge on any atom is 0.221 e. The van der Waals surface area contributed by atoms with Crippen LogP contribution in [0, 0.1) is 5.41 Å². The van der Waals surface area contributed by atoms with Crippen molar-refractivity contribution >= 4 is 5.91 Å². The summed E-state index contributed by atoms with van der Waals surface area (Å²) in [6, 6.07) is 3.87. The lowest BCUT2D eigenvalue weighted by molar-refractivity contribution is -0.124. The molecule has 0 aliphatic heterocycles. The van der Waals surface area contributed by atoms with Crippen LogP contribution in [0.2, 0.25) is 0 Å². The molecule has 0 radical (unpaired) electrons. The average molecular weight is 275 g/mol. The minimum Gasteiger partial charge on any atom is -0.350 e. The van der Waals surface area contributed by atoms with Gasteiger partial charge in [0.05, 0.1) is 6.04 Å². The molecule has 1 aliphatic rings. The Hall–Kier alpha value is -1.42. The maximum absolute atomic E-state index is 12.3. The Balaban J connectivity index is 1.91. The summed E-state index contributed by atoms with van der Waals surface area (Å²) in [5.74, 6) is 0.105. The first-order chi connectivity index (χ1) is 9.65. The van der Waals surface area contributed by atoms with E-state index in [0.717, 1.165) is 18.4 Å². The van der Waals surface area contributed by atoms with Gasteiger partial charge in [0.15, 0.2) is 0 Å². The summed E-state index contributed by atoms with van der Waals surface area (Å²) in [6.45, 7) is 2.60. The number of carbonyl (C=O) groups is 1. The predicted molar refractivity (Wildman–Crippen MR) is 80.0 cm³/mol. The molecule has 1 fully saturated rings. The van der Waals surface area contributed by atoms with Crippen LogP contribution in [0.1, 0.15) is 57.1 Å². The Morgan fingerprint density at radius 3 is 2.80 bits per heavy atom. The molecule has 1 heterocycles. The molecular weight excluding hydrogens is 250 g/mol. The van der Waals surface area contributed by atoms with Gasteiger partial charge in [-0.05, 0) is 43.4 Å². The van der Waals surface area contributed by atoms with Crippen LogP contribution in [0.15, 0.2) is 24.5 Å². The van der Waals surface area contributed by atoms with E-state index in [1.807, 2.05) is 19.1 Å². The highest BCUT2D eigenvalue weighted by Crippen LogP contribution is 2.38. The zero-order chi connectivity index (χ0) is 14.4.